The predicted octanol–water partition coefficient (Wildman–Crippen LogP) is 4.86. The molecule has 628 valence electrons. The van der Waals surface area contributed by atoms with Gasteiger partial charge in [0.25, 0.3) is 11.8 Å². The number of carbonyl (C=O) groups excluding carboxylic acids is 14. The molecule has 2 aromatic carbocycles. The van der Waals surface area contributed by atoms with Gasteiger partial charge < -0.3 is 89.8 Å². The number of nitrogens with one attached hydrogen (secondary N) is 4. The number of rotatable bonds is 65. The number of nitrogens with two attached hydrogens (primary N) is 2. The zero-order chi connectivity index (χ0) is 82.6. The fourth-order valence-corrected chi connectivity index (χ4v) is 10.9. The van der Waals surface area contributed by atoms with Gasteiger partial charge >= 0.3 is 30.0 Å². The van der Waals surface area contributed by atoms with Crippen LogP contribution in [0.4, 0.5) is 9.59 Å². The van der Waals surface area contributed by atoms with Crippen LogP contribution in [0.3, 0.4) is 0 Å². The van der Waals surface area contributed by atoms with Crippen molar-refractivity contribution in [1.82, 2.24) is 31.2 Å². The normalized spacial score (nSPS) is 13.2. The Morgan fingerprint density at radius 3 is 1.09 bits per heavy atom. The van der Waals surface area contributed by atoms with Crippen LogP contribution in [0.15, 0.2) is 48.5 Å². The summed E-state index contributed by atoms with van der Waals surface area (Å²) in [7, 11) is 0. The Morgan fingerprint density at radius 2 is 0.759 bits per heavy atom. The topological polar surface area (TPSA) is 447 Å². The number of urea groups is 2. The van der Waals surface area contributed by atoms with Crippen LogP contribution >= 0.6 is 0 Å². The number of imide groups is 1. The van der Waals surface area contributed by atoms with E-state index in [0.29, 0.717) is 29.0 Å². The number of hydroxylamine groups is 2. The van der Waals surface area contributed by atoms with Gasteiger partial charge in [0, 0.05) is 102 Å². The molecule has 9 amide bonds. The van der Waals surface area contributed by atoms with Crippen LogP contribution in [0.2, 0.25) is 0 Å². The lowest BCUT2D eigenvalue weighted by molar-refractivity contribution is -0.197. The zero-order valence-electron chi connectivity index (χ0n) is 66.7. The highest BCUT2D eigenvalue weighted by Crippen LogP contribution is 2.22. The van der Waals surface area contributed by atoms with Gasteiger partial charge in [0.1, 0.15) is 24.8 Å². The number of hydrogen-bond donors (Lipinski definition) is 6. The van der Waals surface area contributed by atoms with Crippen LogP contribution in [0, 0.1) is 35.5 Å². The van der Waals surface area contributed by atoms with Gasteiger partial charge in [-0.15, -0.1) is 5.06 Å². The van der Waals surface area contributed by atoms with Crippen molar-refractivity contribution in [2.75, 3.05) is 132 Å². The summed E-state index contributed by atoms with van der Waals surface area (Å²) in [5, 5.41) is 11.2. The number of benzene rings is 2. The van der Waals surface area contributed by atoms with Gasteiger partial charge in [-0.25, -0.2) is 14.4 Å². The number of ether oxygens (including phenoxy) is 10. The van der Waals surface area contributed by atoms with Crippen LogP contribution in [0.5, 0.6) is 0 Å². The second-order valence-electron chi connectivity index (χ2n) is 28.3. The minimum absolute atomic E-state index is 0.00577. The van der Waals surface area contributed by atoms with Crippen molar-refractivity contribution in [2.45, 2.75) is 177 Å². The van der Waals surface area contributed by atoms with Gasteiger partial charge in [0.15, 0.2) is 11.6 Å². The third-order valence-corrected chi connectivity index (χ3v) is 17.7. The van der Waals surface area contributed by atoms with E-state index in [4.69, 9.17) is 63.7 Å². The smallest absolute Gasteiger partial charge is 0.333 e. The number of hydrogen-bond acceptors (Lipinski definition) is 25. The maximum atomic E-state index is 13.7. The lowest BCUT2D eigenvalue weighted by atomic mass is 9.88. The summed E-state index contributed by atoms with van der Waals surface area (Å²) in [6.07, 6.45) is 0.879. The summed E-state index contributed by atoms with van der Waals surface area (Å²) >= 11 is 0. The first-order valence-corrected chi connectivity index (χ1v) is 38.8. The molecule has 33 nitrogen and oxygen atoms in total. The Bertz CT molecular complexity index is 3030. The van der Waals surface area contributed by atoms with E-state index < -0.39 is 65.6 Å². The minimum atomic E-state index is -0.900. The Balaban J connectivity index is 1.32. The second-order valence-corrected chi connectivity index (χ2v) is 28.3. The summed E-state index contributed by atoms with van der Waals surface area (Å²) in [6, 6.07) is 10.9. The molecule has 0 radical (unpaired) electrons. The zero-order valence-corrected chi connectivity index (χ0v) is 66.7. The van der Waals surface area contributed by atoms with Crippen LogP contribution in [-0.4, -0.2) is 237 Å². The van der Waals surface area contributed by atoms with Crippen LogP contribution < -0.4 is 32.7 Å². The van der Waals surface area contributed by atoms with Crippen molar-refractivity contribution in [3.63, 3.8) is 0 Å². The van der Waals surface area contributed by atoms with E-state index in [1.807, 2.05) is 27.7 Å². The van der Waals surface area contributed by atoms with E-state index in [1.165, 1.54) is 4.90 Å². The van der Waals surface area contributed by atoms with Crippen molar-refractivity contribution >= 4 is 82.6 Å². The molecule has 0 aromatic heterocycles. The molecule has 1 heterocycles. The van der Waals surface area contributed by atoms with Gasteiger partial charge in [-0.1, -0.05) is 104 Å². The molecule has 0 spiro atoms. The highest BCUT2D eigenvalue weighted by Gasteiger charge is 2.34. The number of Topliss-reactive ketones (excluding diaryl/α,β-unsaturated/α-hetero) is 4. The second kappa shape index (κ2) is 57.3. The van der Waals surface area contributed by atoms with Crippen molar-refractivity contribution in [1.29, 1.82) is 0 Å². The molecule has 4 atom stereocenters. The summed E-state index contributed by atoms with van der Waals surface area (Å²) in [6.45, 7) is 18.4. The first-order valence-electron chi connectivity index (χ1n) is 38.8. The number of amides is 9. The predicted molar refractivity (Wildman–Crippen MR) is 406 cm³/mol. The number of esters is 2. The van der Waals surface area contributed by atoms with E-state index in [-0.39, 0.29) is 293 Å². The van der Waals surface area contributed by atoms with Crippen LogP contribution in [-0.2, 0) is 136 Å². The molecule has 0 aliphatic carbocycles. The Morgan fingerprint density at radius 1 is 0.429 bits per heavy atom. The third kappa shape index (κ3) is 43.9. The average molecular weight is 1580 g/mol. The number of carbonyl (C=O) groups is 14. The molecule has 1 saturated heterocycles. The molecule has 0 bridgehead atoms. The highest BCUT2D eigenvalue weighted by atomic mass is 16.7. The molecular weight excluding hydrogens is 1460 g/mol. The van der Waals surface area contributed by atoms with E-state index in [1.54, 1.807) is 76.2 Å². The van der Waals surface area contributed by atoms with E-state index in [0.717, 1.165) is 11.1 Å². The Labute approximate surface area is 657 Å². The van der Waals surface area contributed by atoms with Crippen molar-refractivity contribution in [2.24, 2.45) is 47.0 Å². The Kier molecular flexibility index (Phi) is 49.9. The number of nitrogens with zero attached hydrogens (tertiary/aromatic N) is 2. The molecule has 33 heteroatoms. The summed E-state index contributed by atoms with van der Waals surface area (Å²) in [5.74, 6) is -7.19. The SMILES string of the molecule is CC(C)C(=O)OCc1ccc(CC(=O)[C@H](CCCNC(N)=O)NC(=O)[C@@H](CC(=O)CCOCCOCCOCCOCCN(CCOCCOCCOCCOCCC(=O)C[C@H](C(=O)N[C@@H](CCCNC(N)=O)C(=O)Cc2ccc(COC(=O)C(C)C)cc2)C(C)C)C(=O)CCCC(=O)ON2C(=O)CCC2=O)C(C)C)cc1. The molecule has 112 heavy (non-hydrogen) atoms. The average Bonchev–Trinajstić information content (AvgIpc) is 1.14. The fraction of sp³-hybridized carbons (Fsp3) is 0.671. The first kappa shape index (κ1) is 97.5. The van der Waals surface area contributed by atoms with Gasteiger partial charge in [0.2, 0.25) is 17.7 Å². The van der Waals surface area contributed by atoms with E-state index in [2.05, 4.69) is 21.3 Å². The molecule has 2 aromatic rings. The number of ketones is 4. The van der Waals surface area contributed by atoms with Gasteiger partial charge in [0.05, 0.1) is 130 Å². The molecule has 1 aliphatic rings. The standard InChI is InChI=1S/C79H122N8O25/c1-54(2)64(74(96)84-66(12-10-28-82-78(80)100)68(90)48-58-16-20-60(21-17-58)52-110-76(98)56(5)6)50-62(88)26-32-102-36-40-106-44-46-108-42-38-104-34-30-86(70(92)14-9-15-73(95)112-87-71(93)24-25-72(87)94)31-35-105-39-43-109-47-45-107-41-37-103-33-27-63(89)51-65(55(3)4)75(97)85-67(13-11-29-83-79(81)101)69(91)49-59-18-22-61(23-19-59)53-111-77(99)57(7)8/h16-23,54-57,64-67H,9-15,24-53H2,1-8H3,(H,84,96)(H,85,97)(H3,80,82,100)(H3,81,83,101)/t64-,65-,66-,67-/m0/s1. The first-order chi connectivity index (χ1) is 53.5. The monoisotopic (exact) mass is 1580 g/mol. The minimum Gasteiger partial charge on any atom is -0.461 e. The summed E-state index contributed by atoms with van der Waals surface area (Å²) in [5.41, 5.74) is 13.3. The lowest BCUT2D eigenvalue weighted by Gasteiger charge is -2.24. The van der Waals surface area contributed by atoms with E-state index >= 15 is 0 Å². The summed E-state index contributed by atoms with van der Waals surface area (Å²) < 4.78 is 55.8. The fourth-order valence-electron chi connectivity index (χ4n) is 10.9. The van der Waals surface area contributed by atoms with Crippen molar-refractivity contribution < 1.29 is 119 Å². The maximum absolute atomic E-state index is 13.7. The van der Waals surface area contributed by atoms with Crippen molar-refractivity contribution in [3.05, 3.63) is 70.8 Å². The number of primary amides is 2. The van der Waals surface area contributed by atoms with Crippen molar-refractivity contribution in [3.8, 4) is 0 Å². The molecule has 1 fully saturated rings. The lowest BCUT2D eigenvalue weighted by Crippen LogP contribution is -2.46. The molecule has 8 N–H and O–H groups in total. The van der Waals surface area contributed by atoms with Crippen LogP contribution in [0.1, 0.15) is 161 Å². The molecule has 3 rings (SSSR count). The summed E-state index contributed by atoms with van der Waals surface area (Å²) in [4.78, 5) is 183. The largest absolute Gasteiger partial charge is 0.461 e. The molecule has 0 saturated carbocycles. The van der Waals surface area contributed by atoms with Gasteiger partial charge in [-0.3, -0.25) is 52.7 Å². The molecular formula is C79H122N8O25. The molecule has 1 aliphatic heterocycles. The third-order valence-electron chi connectivity index (χ3n) is 17.7. The Hall–Kier alpha value is -8.70. The maximum Gasteiger partial charge on any atom is 0.333 e. The van der Waals surface area contributed by atoms with E-state index in [9.17, 15) is 67.1 Å². The van der Waals surface area contributed by atoms with Gasteiger partial charge in [-0.2, -0.15) is 0 Å². The van der Waals surface area contributed by atoms with Crippen LogP contribution in [0.25, 0.3) is 0 Å². The van der Waals surface area contributed by atoms with Gasteiger partial charge in [-0.05, 0) is 66.2 Å². The quantitative estimate of drug-likeness (QED) is 0.0292. The highest BCUT2D eigenvalue weighted by molar-refractivity contribution is 6.01. The molecule has 0 unspecified atom stereocenters.